The quantitative estimate of drug-likeness (QED) is 0.325. The molecular formula is C15H26IN3O. The van der Waals surface area contributed by atoms with Gasteiger partial charge in [-0.25, -0.2) is 0 Å². The third-order valence-corrected chi connectivity index (χ3v) is 2.69. The average molecular weight is 391 g/mol. The Morgan fingerprint density at radius 2 is 1.95 bits per heavy atom. The van der Waals surface area contributed by atoms with E-state index in [4.69, 9.17) is 10.5 Å². The number of halogens is 1. The molecule has 0 radical (unpaired) electrons. The van der Waals surface area contributed by atoms with Gasteiger partial charge in [-0.2, -0.15) is 0 Å². The summed E-state index contributed by atoms with van der Waals surface area (Å²) >= 11 is 0. The summed E-state index contributed by atoms with van der Waals surface area (Å²) in [4.78, 5) is 4.25. The molecule has 0 aliphatic carbocycles. The highest BCUT2D eigenvalue weighted by Crippen LogP contribution is 2.10. The zero-order valence-corrected chi connectivity index (χ0v) is 14.9. The first-order valence-corrected chi connectivity index (χ1v) is 6.81. The van der Waals surface area contributed by atoms with Gasteiger partial charge in [0.1, 0.15) is 12.4 Å². The lowest BCUT2D eigenvalue weighted by Gasteiger charge is -2.08. The van der Waals surface area contributed by atoms with Gasteiger partial charge < -0.3 is 15.8 Å². The molecule has 0 aliphatic rings. The molecule has 0 bridgehead atoms. The van der Waals surface area contributed by atoms with Gasteiger partial charge in [0, 0.05) is 6.54 Å². The van der Waals surface area contributed by atoms with Crippen LogP contribution in [0.1, 0.15) is 25.8 Å². The Hall–Kier alpha value is -0.980. The fraction of sp³-hybridized carbons (Fsp3) is 0.533. The molecule has 5 heteroatoms. The minimum atomic E-state index is 0. The van der Waals surface area contributed by atoms with E-state index in [1.165, 1.54) is 5.56 Å². The molecule has 0 saturated carbocycles. The van der Waals surface area contributed by atoms with Crippen molar-refractivity contribution in [3.8, 4) is 5.75 Å². The second kappa shape index (κ2) is 10.8. The van der Waals surface area contributed by atoms with Gasteiger partial charge in [0.2, 0.25) is 0 Å². The van der Waals surface area contributed by atoms with Gasteiger partial charge in [0.15, 0.2) is 5.96 Å². The third kappa shape index (κ3) is 9.01. The molecular weight excluding hydrogens is 365 g/mol. The van der Waals surface area contributed by atoms with Crippen LogP contribution in [0.4, 0.5) is 0 Å². The first-order chi connectivity index (χ1) is 9.08. The van der Waals surface area contributed by atoms with Crippen molar-refractivity contribution in [2.75, 3.05) is 19.7 Å². The van der Waals surface area contributed by atoms with Crippen LogP contribution in [0.15, 0.2) is 29.3 Å². The third-order valence-electron chi connectivity index (χ3n) is 2.69. The maximum absolute atomic E-state index is 5.74. The monoisotopic (exact) mass is 391 g/mol. The number of benzene rings is 1. The highest BCUT2D eigenvalue weighted by Gasteiger charge is 1.95. The Balaban J connectivity index is 0.00000361. The molecule has 114 valence electrons. The van der Waals surface area contributed by atoms with Gasteiger partial charge >= 0.3 is 0 Å². The molecule has 1 aromatic carbocycles. The van der Waals surface area contributed by atoms with Crippen molar-refractivity contribution in [1.82, 2.24) is 5.32 Å². The maximum Gasteiger partial charge on any atom is 0.188 e. The van der Waals surface area contributed by atoms with Gasteiger partial charge in [0.05, 0.1) is 6.54 Å². The molecule has 3 N–H and O–H groups in total. The molecule has 0 heterocycles. The lowest BCUT2D eigenvalue weighted by molar-refractivity contribution is 0.322. The Labute approximate surface area is 139 Å². The minimum absolute atomic E-state index is 0. The van der Waals surface area contributed by atoms with Crippen molar-refractivity contribution >= 4 is 29.9 Å². The Morgan fingerprint density at radius 3 is 2.55 bits per heavy atom. The van der Waals surface area contributed by atoms with E-state index in [2.05, 4.69) is 31.1 Å². The van der Waals surface area contributed by atoms with E-state index in [1.54, 1.807) is 0 Å². The van der Waals surface area contributed by atoms with Gasteiger partial charge in [-0.05, 0) is 31.4 Å². The Bertz CT molecular complexity index is 391. The van der Waals surface area contributed by atoms with Crippen molar-refractivity contribution < 1.29 is 4.74 Å². The van der Waals surface area contributed by atoms with E-state index in [1.807, 2.05) is 24.3 Å². The van der Waals surface area contributed by atoms with Crippen LogP contribution >= 0.6 is 24.0 Å². The van der Waals surface area contributed by atoms with Gasteiger partial charge in [-0.15, -0.1) is 24.0 Å². The van der Waals surface area contributed by atoms with E-state index in [-0.39, 0.29) is 24.0 Å². The summed E-state index contributed by atoms with van der Waals surface area (Å²) in [6, 6.07) is 8.00. The van der Waals surface area contributed by atoms with Crippen LogP contribution in [0.25, 0.3) is 0 Å². The summed E-state index contributed by atoms with van der Waals surface area (Å²) < 4.78 is 5.58. The smallest absolute Gasteiger partial charge is 0.188 e. The van der Waals surface area contributed by atoms with E-state index < -0.39 is 0 Å². The van der Waals surface area contributed by atoms with Crippen molar-refractivity contribution in [3.05, 3.63) is 29.8 Å². The molecule has 0 aromatic heterocycles. The summed E-state index contributed by atoms with van der Waals surface area (Å²) in [5, 5.41) is 3.04. The normalized spacial score (nSPS) is 11.1. The molecule has 0 unspecified atom stereocenters. The van der Waals surface area contributed by atoms with Crippen LogP contribution in [-0.4, -0.2) is 25.7 Å². The van der Waals surface area contributed by atoms with Crippen LogP contribution in [0.2, 0.25) is 0 Å². The Kier molecular flexibility index (Phi) is 10.2. The number of nitrogens with two attached hydrogens (primary N) is 1. The van der Waals surface area contributed by atoms with Crippen LogP contribution in [0.3, 0.4) is 0 Å². The number of aryl methyl sites for hydroxylation is 1. The zero-order valence-electron chi connectivity index (χ0n) is 12.6. The second-order valence-electron chi connectivity index (χ2n) is 5.04. The van der Waals surface area contributed by atoms with Crippen molar-refractivity contribution in [2.45, 2.75) is 27.2 Å². The summed E-state index contributed by atoms with van der Waals surface area (Å²) in [5.74, 6) is 2.03. The topological polar surface area (TPSA) is 59.6 Å². The molecule has 0 spiro atoms. The Morgan fingerprint density at radius 1 is 1.30 bits per heavy atom. The molecule has 1 aromatic rings. The predicted octanol–water partition coefficient (Wildman–Crippen LogP) is 2.94. The van der Waals surface area contributed by atoms with Gasteiger partial charge in [-0.1, -0.05) is 31.5 Å². The first-order valence-electron chi connectivity index (χ1n) is 6.81. The van der Waals surface area contributed by atoms with Gasteiger partial charge in [-0.3, -0.25) is 4.99 Å². The molecule has 0 atom stereocenters. The molecule has 0 aliphatic heterocycles. The molecule has 0 amide bonds. The summed E-state index contributed by atoms with van der Waals surface area (Å²) in [6.07, 6.45) is 1.06. The van der Waals surface area contributed by atoms with Crippen molar-refractivity contribution in [1.29, 1.82) is 0 Å². The lowest BCUT2D eigenvalue weighted by Crippen LogP contribution is -2.34. The first kappa shape index (κ1) is 19.0. The highest BCUT2D eigenvalue weighted by atomic mass is 127. The molecule has 0 fully saturated rings. The molecule has 20 heavy (non-hydrogen) atoms. The van der Waals surface area contributed by atoms with Gasteiger partial charge in [0.25, 0.3) is 0 Å². The average Bonchev–Trinajstić information content (AvgIpc) is 2.36. The van der Waals surface area contributed by atoms with Crippen LogP contribution in [0.5, 0.6) is 5.75 Å². The zero-order chi connectivity index (χ0) is 14.1. The van der Waals surface area contributed by atoms with Crippen LogP contribution in [0, 0.1) is 12.8 Å². The fourth-order valence-corrected chi connectivity index (χ4v) is 1.48. The minimum Gasteiger partial charge on any atom is -0.492 e. The number of hydrogen-bond donors (Lipinski definition) is 2. The predicted molar refractivity (Wildman–Crippen MR) is 96.0 cm³/mol. The summed E-state index contributed by atoms with van der Waals surface area (Å²) in [7, 11) is 0. The number of ether oxygens (including phenoxy) is 1. The molecule has 0 saturated heterocycles. The standard InChI is InChI=1S/C15H25N3O.HI/c1-12(2)8-9-17-15(16)18-10-11-19-14-6-4-13(3)5-7-14;/h4-7,12H,8-11H2,1-3H3,(H3,16,17,18);1H. The summed E-state index contributed by atoms with van der Waals surface area (Å²) in [6.45, 7) is 8.41. The van der Waals surface area contributed by atoms with Crippen LogP contribution < -0.4 is 15.8 Å². The SMILES string of the molecule is Cc1ccc(OCCNC(N)=NCCC(C)C)cc1.I. The van der Waals surface area contributed by atoms with E-state index in [9.17, 15) is 0 Å². The van der Waals surface area contributed by atoms with Crippen LogP contribution in [-0.2, 0) is 0 Å². The summed E-state index contributed by atoms with van der Waals surface area (Å²) in [5.41, 5.74) is 6.97. The molecule has 1 rings (SSSR count). The second-order valence-corrected chi connectivity index (χ2v) is 5.04. The van der Waals surface area contributed by atoms with E-state index >= 15 is 0 Å². The number of rotatable bonds is 7. The molecule has 4 nitrogen and oxygen atoms in total. The van der Waals surface area contributed by atoms with Crippen molar-refractivity contribution in [3.63, 3.8) is 0 Å². The largest absolute Gasteiger partial charge is 0.492 e. The number of nitrogens with one attached hydrogen (secondary N) is 1. The maximum atomic E-state index is 5.74. The fourth-order valence-electron chi connectivity index (χ4n) is 1.48. The highest BCUT2D eigenvalue weighted by molar-refractivity contribution is 14.0. The lowest BCUT2D eigenvalue weighted by atomic mass is 10.1. The van der Waals surface area contributed by atoms with Crippen molar-refractivity contribution in [2.24, 2.45) is 16.6 Å². The van der Waals surface area contributed by atoms with E-state index in [0.29, 0.717) is 25.0 Å². The number of aliphatic imine (C=N–C) groups is 1. The number of hydrogen-bond acceptors (Lipinski definition) is 2. The van der Waals surface area contributed by atoms with E-state index in [0.717, 1.165) is 18.7 Å². The number of guanidine groups is 1. The number of nitrogens with zero attached hydrogens (tertiary/aromatic N) is 1.